The molecule has 0 aliphatic carbocycles. The Bertz CT molecular complexity index is 656. The van der Waals surface area contributed by atoms with E-state index in [4.69, 9.17) is 9.84 Å². The lowest BCUT2D eigenvalue weighted by molar-refractivity contribution is -0.141. The van der Waals surface area contributed by atoms with Crippen LogP contribution >= 0.6 is 0 Å². The molecular formula is C15H20F3N3O4. The van der Waals surface area contributed by atoms with E-state index in [0.717, 1.165) is 4.68 Å². The van der Waals surface area contributed by atoms with E-state index in [1.165, 1.54) is 4.90 Å². The number of ether oxygens (including phenoxy) is 1. The summed E-state index contributed by atoms with van der Waals surface area (Å²) in [5.41, 5.74) is -2.39. The molecule has 1 saturated heterocycles. The number of hydrogen-bond donors (Lipinski definition) is 1. The third kappa shape index (κ3) is 4.64. The Hall–Kier alpha value is -2.26. The number of carbonyl (C=O) groups is 2. The van der Waals surface area contributed by atoms with Crippen LogP contribution in [-0.2, 0) is 10.9 Å². The minimum absolute atomic E-state index is 0.250. The van der Waals surface area contributed by atoms with E-state index in [-0.39, 0.29) is 13.1 Å². The van der Waals surface area contributed by atoms with Gasteiger partial charge in [0.05, 0.1) is 6.04 Å². The lowest BCUT2D eigenvalue weighted by atomic mass is 10.1. The monoisotopic (exact) mass is 363 g/mol. The quantitative estimate of drug-likeness (QED) is 0.872. The van der Waals surface area contributed by atoms with Gasteiger partial charge in [0, 0.05) is 19.2 Å². The molecule has 0 radical (unpaired) electrons. The highest BCUT2D eigenvalue weighted by molar-refractivity contribution is 5.85. The number of piperidine rings is 1. The van der Waals surface area contributed by atoms with Gasteiger partial charge in [0.1, 0.15) is 11.3 Å². The van der Waals surface area contributed by atoms with E-state index in [0.29, 0.717) is 18.9 Å². The van der Waals surface area contributed by atoms with Crippen LogP contribution in [0.2, 0.25) is 0 Å². The summed E-state index contributed by atoms with van der Waals surface area (Å²) in [6.45, 7) is 5.71. The minimum atomic E-state index is -4.72. The highest BCUT2D eigenvalue weighted by atomic mass is 19.4. The number of amides is 1. The second-order valence-electron chi connectivity index (χ2n) is 6.86. The van der Waals surface area contributed by atoms with Gasteiger partial charge in [-0.3, -0.25) is 4.68 Å². The molecule has 0 aromatic carbocycles. The van der Waals surface area contributed by atoms with E-state index >= 15 is 0 Å². The van der Waals surface area contributed by atoms with Gasteiger partial charge in [0.15, 0.2) is 5.69 Å². The third-order valence-electron chi connectivity index (χ3n) is 3.71. The first-order valence-electron chi connectivity index (χ1n) is 7.76. The Labute approximate surface area is 142 Å². The van der Waals surface area contributed by atoms with Crippen LogP contribution in [0.4, 0.5) is 18.0 Å². The molecule has 25 heavy (non-hydrogen) atoms. The lowest BCUT2D eigenvalue weighted by Crippen LogP contribution is -2.42. The van der Waals surface area contributed by atoms with Gasteiger partial charge < -0.3 is 14.7 Å². The molecule has 1 aromatic rings. The molecule has 0 unspecified atom stereocenters. The Morgan fingerprint density at radius 1 is 1.24 bits per heavy atom. The van der Waals surface area contributed by atoms with Crippen LogP contribution in [0.25, 0.3) is 0 Å². The number of rotatable bonds is 2. The lowest BCUT2D eigenvalue weighted by Gasteiger charge is -2.33. The van der Waals surface area contributed by atoms with E-state index in [2.05, 4.69) is 5.10 Å². The molecule has 2 heterocycles. The predicted molar refractivity (Wildman–Crippen MR) is 80.3 cm³/mol. The van der Waals surface area contributed by atoms with Crippen molar-refractivity contribution < 1.29 is 32.6 Å². The summed E-state index contributed by atoms with van der Waals surface area (Å²) in [5, 5.41) is 12.6. The summed E-state index contributed by atoms with van der Waals surface area (Å²) in [4.78, 5) is 24.7. The van der Waals surface area contributed by atoms with Gasteiger partial charge in [-0.25, -0.2) is 9.59 Å². The summed E-state index contributed by atoms with van der Waals surface area (Å²) >= 11 is 0. The zero-order valence-electron chi connectivity index (χ0n) is 14.1. The van der Waals surface area contributed by atoms with E-state index < -0.39 is 41.3 Å². The number of carboxylic acids is 1. The second-order valence-corrected chi connectivity index (χ2v) is 6.86. The van der Waals surface area contributed by atoms with Crippen LogP contribution in [0.15, 0.2) is 6.07 Å². The normalized spacial score (nSPS) is 16.8. The molecule has 0 saturated carbocycles. The van der Waals surface area contributed by atoms with Crippen molar-refractivity contribution in [1.29, 1.82) is 0 Å². The average molecular weight is 363 g/mol. The molecule has 1 aromatic heterocycles. The van der Waals surface area contributed by atoms with Gasteiger partial charge in [-0.05, 0) is 33.6 Å². The van der Waals surface area contributed by atoms with Gasteiger partial charge in [-0.1, -0.05) is 0 Å². The number of alkyl halides is 3. The fourth-order valence-electron chi connectivity index (χ4n) is 2.59. The maximum absolute atomic E-state index is 12.8. The summed E-state index contributed by atoms with van der Waals surface area (Å²) in [6, 6.07) is 0.00338. The molecule has 2 rings (SSSR count). The van der Waals surface area contributed by atoms with Crippen LogP contribution in [-0.4, -0.2) is 50.5 Å². The summed E-state index contributed by atoms with van der Waals surface area (Å²) in [5.74, 6) is -1.47. The van der Waals surface area contributed by atoms with E-state index in [9.17, 15) is 22.8 Å². The fraction of sp³-hybridized carbons (Fsp3) is 0.667. The molecular weight excluding hydrogens is 343 g/mol. The van der Waals surface area contributed by atoms with Gasteiger partial charge in [-0.2, -0.15) is 18.3 Å². The van der Waals surface area contributed by atoms with Crippen molar-refractivity contribution in [2.45, 2.75) is 51.4 Å². The van der Waals surface area contributed by atoms with E-state index in [1.807, 2.05) is 0 Å². The Morgan fingerprint density at radius 3 is 2.24 bits per heavy atom. The second kappa shape index (κ2) is 6.57. The highest BCUT2D eigenvalue weighted by Crippen LogP contribution is 2.31. The van der Waals surface area contributed by atoms with Crippen molar-refractivity contribution >= 4 is 12.1 Å². The topological polar surface area (TPSA) is 84.7 Å². The number of hydrogen-bond acceptors (Lipinski definition) is 4. The zero-order chi connectivity index (χ0) is 19.0. The molecule has 140 valence electrons. The first-order chi connectivity index (χ1) is 11.4. The molecule has 1 aliphatic rings. The number of likely N-dealkylation sites (tertiary alicyclic amines) is 1. The van der Waals surface area contributed by atoms with Crippen LogP contribution in [0.5, 0.6) is 0 Å². The maximum Gasteiger partial charge on any atom is 0.435 e. The number of aromatic nitrogens is 2. The van der Waals surface area contributed by atoms with Gasteiger partial charge in [0.25, 0.3) is 0 Å². The van der Waals surface area contributed by atoms with Crippen molar-refractivity contribution in [1.82, 2.24) is 14.7 Å². The molecule has 0 spiro atoms. The van der Waals surface area contributed by atoms with Gasteiger partial charge in [-0.15, -0.1) is 0 Å². The van der Waals surface area contributed by atoms with Crippen LogP contribution < -0.4 is 0 Å². The third-order valence-corrected chi connectivity index (χ3v) is 3.71. The van der Waals surface area contributed by atoms with Crippen molar-refractivity contribution in [2.75, 3.05) is 13.1 Å². The van der Waals surface area contributed by atoms with Crippen LogP contribution in [0, 0.1) is 0 Å². The minimum Gasteiger partial charge on any atom is -0.477 e. The molecule has 1 amide bonds. The van der Waals surface area contributed by atoms with Crippen molar-refractivity contribution in [3.8, 4) is 0 Å². The number of carboxylic acid groups (broad SMARTS) is 1. The SMILES string of the molecule is CC(C)(C)OC(=O)N1CCC(n2nc(C(F)(F)F)cc2C(=O)O)CC1. The Balaban J connectivity index is 2.11. The number of aromatic carboxylic acids is 1. The fourth-order valence-corrected chi connectivity index (χ4v) is 2.59. The summed E-state index contributed by atoms with van der Waals surface area (Å²) in [7, 11) is 0. The number of carbonyl (C=O) groups excluding carboxylic acids is 1. The Kier molecular flexibility index (Phi) is 5.01. The molecule has 1 fully saturated rings. The molecule has 1 N–H and O–H groups in total. The van der Waals surface area contributed by atoms with Crippen molar-refractivity contribution in [3.63, 3.8) is 0 Å². The van der Waals surface area contributed by atoms with Crippen LogP contribution in [0.1, 0.15) is 55.8 Å². The summed E-state index contributed by atoms with van der Waals surface area (Å²) < 4.78 is 44.5. The van der Waals surface area contributed by atoms with Gasteiger partial charge >= 0.3 is 18.2 Å². The first-order valence-corrected chi connectivity index (χ1v) is 7.76. The maximum atomic E-state index is 12.8. The largest absolute Gasteiger partial charge is 0.477 e. The number of halogens is 3. The van der Waals surface area contributed by atoms with Crippen molar-refractivity contribution in [3.05, 3.63) is 17.5 Å². The van der Waals surface area contributed by atoms with Crippen LogP contribution in [0.3, 0.4) is 0 Å². The number of nitrogens with zero attached hydrogens (tertiary/aromatic N) is 3. The highest BCUT2D eigenvalue weighted by Gasteiger charge is 2.37. The molecule has 7 nitrogen and oxygen atoms in total. The molecule has 1 aliphatic heterocycles. The Morgan fingerprint density at radius 2 is 1.80 bits per heavy atom. The smallest absolute Gasteiger partial charge is 0.435 e. The summed E-state index contributed by atoms with van der Waals surface area (Å²) in [6.07, 6.45) is -4.63. The standard InChI is InChI=1S/C15H20F3N3O4/c1-14(2,3)25-13(24)20-6-4-9(5-7-20)21-10(12(22)23)8-11(19-21)15(16,17)18/h8-9H,4-7H2,1-3H3,(H,22,23). The first kappa shape index (κ1) is 19.1. The van der Waals surface area contributed by atoms with Crippen molar-refractivity contribution in [2.24, 2.45) is 0 Å². The van der Waals surface area contributed by atoms with Gasteiger partial charge in [0.2, 0.25) is 0 Å². The molecule has 0 bridgehead atoms. The molecule has 10 heteroatoms. The average Bonchev–Trinajstić information content (AvgIpc) is 2.91. The van der Waals surface area contributed by atoms with E-state index in [1.54, 1.807) is 20.8 Å². The molecule has 0 atom stereocenters. The zero-order valence-corrected chi connectivity index (χ0v) is 14.1. The predicted octanol–water partition coefficient (Wildman–Crippen LogP) is 3.17.